The number of hydrogen-bond acceptors (Lipinski definition) is 16. The fourth-order valence-electron chi connectivity index (χ4n) is 9.62. The SMILES string of the molecule is CC[C@H]1OC(=O)[C@H](C)C(=O)[C@H](C)[C@@H](O[C@@H]2O[C@H](C)CC(N(C)C)C2O)[C@](C)(OC)C[C@@H](C)CN(C(C)=O)[C@H](C)[C@H]2N(CCCCn3cc(-c4nccs4)nn3)C(=O)O[C@]12C.CSF. The van der Waals surface area contributed by atoms with Gasteiger partial charge < -0.3 is 38.6 Å². The summed E-state index contributed by atoms with van der Waals surface area (Å²) in [5, 5.41) is 22.6. The second-order valence-corrected chi connectivity index (χ2v) is 19.1. The first-order valence-corrected chi connectivity index (χ1v) is 23.8. The number of ether oxygens (including phenoxy) is 5. The second-order valence-electron chi connectivity index (χ2n) is 17.9. The van der Waals surface area contributed by atoms with Crippen molar-refractivity contribution in [3.63, 3.8) is 0 Å². The molecule has 1 N–H and O–H groups in total. The quantitative estimate of drug-likeness (QED) is 0.165. The summed E-state index contributed by atoms with van der Waals surface area (Å²) in [4.78, 5) is 65.9. The van der Waals surface area contributed by atoms with Crippen LogP contribution < -0.4 is 0 Å². The molecule has 3 saturated heterocycles. The molecule has 356 valence electrons. The maximum absolute atomic E-state index is 14.5. The number of rotatable bonds is 11. The fourth-order valence-corrected chi connectivity index (χ4v) is 10.2. The lowest BCUT2D eigenvalue weighted by atomic mass is 9.78. The lowest BCUT2D eigenvalue weighted by molar-refractivity contribution is -0.295. The van der Waals surface area contributed by atoms with Crippen molar-refractivity contribution in [1.29, 1.82) is 0 Å². The molecule has 0 radical (unpaired) electrons. The molecule has 3 aliphatic rings. The predicted octanol–water partition coefficient (Wildman–Crippen LogP) is 5.65. The number of aliphatic hydroxyl groups is 1. The molecule has 2 aromatic heterocycles. The molecule has 2 aromatic rings. The van der Waals surface area contributed by atoms with Crippen molar-refractivity contribution in [2.45, 2.75) is 161 Å². The number of aromatic nitrogens is 4. The fraction of sp³-hybridized carbons (Fsp3) is 0.791. The third-order valence-electron chi connectivity index (χ3n) is 12.9. The van der Waals surface area contributed by atoms with Gasteiger partial charge in [-0.3, -0.25) is 24.0 Å². The summed E-state index contributed by atoms with van der Waals surface area (Å²) in [6.07, 6.45) is 2.46. The Kier molecular flexibility index (Phi) is 18.9. The Morgan fingerprint density at radius 1 is 1.13 bits per heavy atom. The number of halogens is 1. The molecule has 17 nitrogen and oxygen atoms in total. The maximum atomic E-state index is 14.5. The normalized spacial score (nSPS) is 34.7. The Bertz CT molecular complexity index is 1810. The molecular weight excluding hydrogens is 858 g/mol. The number of methoxy groups -OCH3 is 1. The second kappa shape index (κ2) is 22.8. The van der Waals surface area contributed by atoms with Gasteiger partial charge in [-0.15, -0.1) is 16.4 Å². The average molecular weight is 928 g/mol. The number of nitrogens with zero attached hydrogens (tertiary/aromatic N) is 7. The molecule has 63 heavy (non-hydrogen) atoms. The Morgan fingerprint density at radius 2 is 1.79 bits per heavy atom. The number of unbranched alkanes of at least 4 members (excludes halogenated alkanes) is 1. The van der Waals surface area contributed by atoms with Crippen molar-refractivity contribution in [1.82, 2.24) is 34.7 Å². The van der Waals surface area contributed by atoms with E-state index in [0.29, 0.717) is 44.5 Å². The Balaban J connectivity index is 0.00000282. The minimum Gasteiger partial charge on any atom is -0.458 e. The van der Waals surface area contributed by atoms with E-state index in [1.54, 1.807) is 41.6 Å². The van der Waals surface area contributed by atoms with Crippen LogP contribution in [0.4, 0.5) is 8.68 Å². The molecule has 3 aliphatic heterocycles. The minimum atomic E-state index is -1.39. The highest BCUT2D eigenvalue weighted by atomic mass is 32.2. The molecule has 20 heteroatoms. The Labute approximate surface area is 380 Å². The van der Waals surface area contributed by atoms with E-state index in [1.165, 1.54) is 31.4 Å². The van der Waals surface area contributed by atoms with Crippen LogP contribution >= 0.6 is 23.5 Å². The summed E-state index contributed by atoms with van der Waals surface area (Å²) in [5.74, 6) is -3.81. The lowest BCUT2D eigenvalue weighted by Crippen LogP contribution is -2.62. The molecule has 5 rings (SSSR count). The van der Waals surface area contributed by atoms with Crippen LogP contribution in [0.1, 0.15) is 94.4 Å². The molecular formula is C43H70FN7O10S2. The first-order valence-electron chi connectivity index (χ1n) is 21.8. The van der Waals surface area contributed by atoms with Crippen LogP contribution in [0.2, 0.25) is 0 Å². The van der Waals surface area contributed by atoms with Crippen molar-refractivity contribution in [2.75, 3.05) is 40.6 Å². The van der Waals surface area contributed by atoms with Gasteiger partial charge >= 0.3 is 12.1 Å². The molecule has 0 spiro atoms. The molecule has 5 heterocycles. The summed E-state index contributed by atoms with van der Waals surface area (Å²) in [5.41, 5.74) is -1.86. The van der Waals surface area contributed by atoms with Crippen molar-refractivity contribution < 1.29 is 51.9 Å². The van der Waals surface area contributed by atoms with Crippen LogP contribution in [0, 0.1) is 17.8 Å². The maximum Gasteiger partial charge on any atom is 0.410 e. The first kappa shape index (κ1) is 52.4. The number of thiazole rings is 1. The van der Waals surface area contributed by atoms with Crippen LogP contribution in [0.25, 0.3) is 10.7 Å². The van der Waals surface area contributed by atoms with Gasteiger partial charge in [0.05, 0.1) is 36.1 Å². The standard InChI is InChI=1S/C42H67N7O10S.CH3FS/c1-13-32-42(9)35(48(40(54)59-42)18-15-14-17-47-23-30(44-45-47)37-43-16-19-60-37)28(6)49(29(7)50)22-24(2)21-41(8,55-12)36(26(4)33(51)27(5)38(53)57-32)58-39-34(52)31(46(10)11)20-25(3)56-39;1-3-2/h16,19,23-28,31-32,34-36,39,52H,13-15,17-18,20-22H2,1-12H3;1H3/t24-,25-,26+,27-,28-,31?,32-,34?,35-,36-,39+,41-,42-;/m1./s1. The number of Topliss-reactive ketones (excluding diaryl/α,β-unsaturated/α-hetero) is 1. The third kappa shape index (κ3) is 12.1. The van der Waals surface area contributed by atoms with Crippen LogP contribution in [-0.4, -0.2) is 164 Å². The highest BCUT2D eigenvalue weighted by Gasteiger charge is 2.60. The van der Waals surface area contributed by atoms with E-state index in [2.05, 4.69) is 15.3 Å². The molecule has 2 unspecified atom stereocenters. The average Bonchev–Trinajstić information content (AvgIpc) is 3.99. The summed E-state index contributed by atoms with van der Waals surface area (Å²) in [6, 6.07) is -1.58. The van der Waals surface area contributed by atoms with Gasteiger partial charge in [-0.2, -0.15) is 3.89 Å². The van der Waals surface area contributed by atoms with Gasteiger partial charge in [-0.25, -0.2) is 9.78 Å². The number of cyclic esters (lactones) is 1. The number of likely N-dealkylation sites (N-methyl/N-ethyl adjacent to an activating group) is 1. The van der Waals surface area contributed by atoms with Gasteiger partial charge in [0.2, 0.25) is 5.91 Å². The predicted molar refractivity (Wildman–Crippen MR) is 237 cm³/mol. The molecule has 13 atom stereocenters. The van der Waals surface area contributed by atoms with Crippen LogP contribution in [0.15, 0.2) is 17.8 Å². The Morgan fingerprint density at radius 3 is 2.38 bits per heavy atom. The van der Waals surface area contributed by atoms with Gasteiger partial charge in [-0.05, 0) is 86.7 Å². The highest BCUT2D eigenvalue weighted by Crippen LogP contribution is 2.41. The smallest absolute Gasteiger partial charge is 0.410 e. The van der Waals surface area contributed by atoms with Gasteiger partial charge in [0.1, 0.15) is 28.8 Å². The largest absolute Gasteiger partial charge is 0.458 e. The van der Waals surface area contributed by atoms with E-state index >= 15 is 0 Å². The molecule has 0 saturated carbocycles. The monoisotopic (exact) mass is 927 g/mol. The van der Waals surface area contributed by atoms with Gasteiger partial charge in [0.15, 0.2) is 17.7 Å². The molecule has 0 aliphatic carbocycles. The number of ketones is 1. The van der Waals surface area contributed by atoms with Crippen molar-refractivity contribution in [3.8, 4) is 10.7 Å². The van der Waals surface area contributed by atoms with Gasteiger partial charge in [-0.1, -0.05) is 26.0 Å². The number of aliphatic hydroxyl groups excluding tert-OH is 1. The summed E-state index contributed by atoms with van der Waals surface area (Å²) >= 11 is 1.73. The minimum absolute atomic E-state index is 0.209. The van der Waals surface area contributed by atoms with E-state index in [-0.39, 0.29) is 49.1 Å². The van der Waals surface area contributed by atoms with Crippen molar-refractivity contribution in [3.05, 3.63) is 17.8 Å². The van der Waals surface area contributed by atoms with Crippen LogP contribution in [-0.2, 0) is 44.6 Å². The van der Waals surface area contributed by atoms with Gasteiger partial charge in [0.25, 0.3) is 0 Å². The topological polar surface area (TPSA) is 188 Å². The summed E-state index contributed by atoms with van der Waals surface area (Å²) in [6.45, 7) is 17.1. The van der Waals surface area contributed by atoms with E-state index in [0.717, 1.165) is 5.01 Å². The Hall–Kier alpha value is -3.27. The molecule has 0 bridgehead atoms. The van der Waals surface area contributed by atoms with E-state index in [9.17, 15) is 28.2 Å². The molecule has 2 amide bonds. The zero-order valence-corrected chi connectivity index (χ0v) is 40.8. The number of aryl methyl sites for hydroxylation is 1. The first-order chi connectivity index (χ1) is 29.7. The van der Waals surface area contributed by atoms with Crippen molar-refractivity contribution in [2.24, 2.45) is 17.8 Å². The van der Waals surface area contributed by atoms with Crippen molar-refractivity contribution >= 4 is 47.2 Å². The van der Waals surface area contributed by atoms with E-state index < -0.39 is 77.6 Å². The van der Waals surface area contributed by atoms with Gasteiger partial charge in [0, 0.05) is 75.6 Å². The summed E-state index contributed by atoms with van der Waals surface area (Å²) in [7, 11) is 5.31. The summed E-state index contributed by atoms with van der Waals surface area (Å²) < 4.78 is 43.5. The lowest BCUT2D eigenvalue weighted by Gasteiger charge is -2.47. The highest BCUT2D eigenvalue weighted by molar-refractivity contribution is 7.93. The number of amides is 2. The molecule has 3 fully saturated rings. The number of hydrogen-bond donors (Lipinski definition) is 1. The molecule has 0 aromatic carbocycles. The number of carbonyl (C=O) groups is 4. The van der Waals surface area contributed by atoms with E-state index in [1.807, 2.05) is 65.2 Å². The zero-order chi connectivity index (χ0) is 47.0. The number of fused-ring (bicyclic) bond motifs is 1. The van der Waals surface area contributed by atoms with Crippen LogP contribution in [0.3, 0.4) is 0 Å². The van der Waals surface area contributed by atoms with E-state index in [4.69, 9.17) is 23.7 Å². The zero-order valence-electron chi connectivity index (χ0n) is 39.2. The number of esters is 1. The van der Waals surface area contributed by atoms with Crippen LogP contribution in [0.5, 0.6) is 0 Å². The third-order valence-corrected chi connectivity index (χ3v) is 13.7. The number of carbonyl (C=O) groups excluding carboxylic acids is 4.